The Balaban J connectivity index is 1.62. The van der Waals surface area contributed by atoms with E-state index < -0.39 is 28.5 Å². The van der Waals surface area contributed by atoms with Crippen LogP contribution in [0.3, 0.4) is 0 Å². The number of nitrogens with zero attached hydrogens (tertiary/aromatic N) is 4. The van der Waals surface area contributed by atoms with Gasteiger partial charge in [0.1, 0.15) is 11.5 Å². The van der Waals surface area contributed by atoms with Gasteiger partial charge in [-0.25, -0.2) is 13.6 Å². The standard InChI is InChI=1S/C35H34F2N6O4/c1-7-24(44)41-15-20-13-39-29-32(42(20)14-19(41)6)21-12-22(36)26(25-17(4)8-9-23-33(25)47-35(46)40-23)27(37)31(21)43(34(29)45)30-18(5)10-11-38-28(30)16(2)3/h7-12,16,19-20,39H,1,13-15H2,2-6H3,(H,40,46). The zero-order valence-electron chi connectivity index (χ0n) is 26.7. The number of carbonyl (C=O) groups excluding carboxylic acids is 1. The predicted octanol–water partition coefficient (Wildman–Crippen LogP) is 5.52. The topological polar surface area (TPSA) is 116 Å². The van der Waals surface area contributed by atoms with Crippen LogP contribution in [0.5, 0.6) is 0 Å². The van der Waals surface area contributed by atoms with Gasteiger partial charge in [-0.15, -0.1) is 0 Å². The number of aryl methyl sites for hydroxylation is 2. The number of nitrogens with one attached hydrogen (secondary N) is 2. The van der Waals surface area contributed by atoms with E-state index >= 15 is 8.78 Å². The Morgan fingerprint density at radius 3 is 2.60 bits per heavy atom. The Morgan fingerprint density at radius 2 is 1.87 bits per heavy atom. The van der Waals surface area contributed by atoms with Crippen LogP contribution < -0.4 is 21.5 Å². The number of oxazole rings is 1. The zero-order chi connectivity index (χ0) is 33.5. The summed E-state index contributed by atoms with van der Waals surface area (Å²) in [5.74, 6) is -2.96. The van der Waals surface area contributed by atoms with Crippen LogP contribution in [0.2, 0.25) is 0 Å². The number of benzene rings is 2. The molecule has 12 heteroatoms. The van der Waals surface area contributed by atoms with Crippen molar-refractivity contribution in [2.24, 2.45) is 0 Å². The number of H-pyrrole nitrogens is 1. The molecular formula is C35H34F2N6O4. The van der Waals surface area contributed by atoms with Gasteiger partial charge in [0.05, 0.1) is 39.7 Å². The van der Waals surface area contributed by atoms with Crippen LogP contribution in [0, 0.1) is 25.5 Å². The Kier molecular flexibility index (Phi) is 7.07. The fraction of sp³-hybridized carbons (Fsp3) is 0.314. The molecule has 1 fully saturated rings. The molecule has 5 heterocycles. The first-order valence-electron chi connectivity index (χ1n) is 15.6. The molecule has 1 amide bonds. The van der Waals surface area contributed by atoms with Gasteiger partial charge in [-0.3, -0.25) is 24.1 Å². The van der Waals surface area contributed by atoms with Crippen molar-refractivity contribution in [3.05, 3.63) is 92.5 Å². The van der Waals surface area contributed by atoms with E-state index in [0.717, 1.165) is 0 Å². The molecular weight excluding hydrogens is 606 g/mol. The number of aromatic amines is 1. The lowest BCUT2D eigenvalue weighted by molar-refractivity contribution is -0.128. The van der Waals surface area contributed by atoms with Crippen LogP contribution >= 0.6 is 0 Å². The predicted molar refractivity (Wildman–Crippen MR) is 178 cm³/mol. The molecule has 47 heavy (non-hydrogen) atoms. The number of rotatable bonds is 4. The first kappa shape index (κ1) is 30.4. The second-order valence-corrected chi connectivity index (χ2v) is 12.7. The maximum absolute atomic E-state index is 17.6. The lowest BCUT2D eigenvalue weighted by Crippen LogP contribution is -2.62. The summed E-state index contributed by atoms with van der Waals surface area (Å²) in [5, 5.41) is 3.44. The Bertz CT molecular complexity index is 2270. The van der Waals surface area contributed by atoms with Crippen LogP contribution in [0.1, 0.15) is 43.5 Å². The summed E-state index contributed by atoms with van der Waals surface area (Å²) < 4.78 is 40.9. The number of anilines is 2. The summed E-state index contributed by atoms with van der Waals surface area (Å²) in [6.07, 6.45) is 2.92. The first-order chi connectivity index (χ1) is 22.4. The third kappa shape index (κ3) is 4.49. The van der Waals surface area contributed by atoms with Crippen molar-refractivity contribution in [3.63, 3.8) is 0 Å². The average Bonchev–Trinajstić information content (AvgIpc) is 3.42. The number of fused-ring (bicyclic) bond motifs is 6. The van der Waals surface area contributed by atoms with Crippen molar-refractivity contribution in [3.8, 4) is 16.8 Å². The van der Waals surface area contributed by atoms with Crippen molar-refractivity contribution in [1.29, 1.82) is 0 Å². The Labute approximate surface area is 268 Å². The van der Waals surface area contributed by atoms with E-state index in [0.29, 0.717) is 47.8 Å². The minimum atomic E-state index is -0.979. The Hall–Kier alpha value is -5.26. The fourth-order valence-electron chi connectivity index (χ4n) is 7.20. The maximum Gasteiger partial charge on any atom is 0.417 e. The number of piperazine rings is 1. The highest BCUT2D eigenvalue weighted by Crippen LogP contribution is 2.44. The molecule has 0 bridgehead atoms. The van der Waals surface area contributed by atoms with Crippen LogP contribution in [0.15, 0.2) is 57.1 Å². The van der Waals surface area contributed by atoms with E-state index in [1.807, 2.05) is 32.6 Å². The molecule has 242 valence electrons. The molecule has 7 rings (SSSR count). The summed E-state index contributed by atoms with van der Waals surface area (Å²) in [6.45, 7) is 13.9. The van der Waals surface area contributed by atoms with Gasteiger partial charge < -0.3 is 19.5 Å². The molecule has 5 aromatic rings. The van der Waals surface area contributed by atoms with Gasteiger partial charge >= 0.3 is 5.76 Å². The van der Waals surface area contributed by atoms with Crippen molar-refractivity contribution < 1.29 is 18.0 Å². The third-order valence-electron chi connectivity index (χ3n) is 9.40. The molecule has 0 saturated carbocycles. The lowest BCUT2D eigenvalue weighted by atomic mass is 9.94. The third-order valence-corrected chi connectivity index (χ3v) is 9.40. The second kappa shape index (κ2) is 10.9. The highest BCUT2D eigenvalue weighted by Gasteiger charge is 2.40. The second-order valence-electron chi connectivity index (χ2n) is 12.7. The number of aromatic nitrogens is 3. The number of amides is 1. The minimum absolute atomic E-state index is 0.0120. The van der Waals surface area contributed by atoms with Gasteiger partial charge in [-0.1, -0.05) is 26.5 Å². The number of halogens is 2. The summed E-state index contributed by atoms with van der Waals surface area (Å²) in [4.78, 5) is 50.4. The van der Waals surface area contributed by atoms with Gasteiger partial charge in [0.2, 0.25) is 5.91 Å². The van der Waals surface area contributed by atoms with Gasteiger partial charge in [0.25, 0.3) is 5.56 Å². The quantitative estimate of drug-likeness (QED) is 0.249. The summed E-state index contributed by atoms with van der Waals surface area (Å²) in [6, 6.07) is 5.72. The molecule has 2 aromatic carbocycles. The lowest BCUT2D eigenvalue weighted by Gasteiger charge is -2.49. The Morgan fingerprint density at radius 1 is 1.11 bits per heavy atom. The summed E-state index contributed by atoms with van der Waals surface area (Å²) in [7, 11) is 0. The smallest absolute Gasteiger partial charge is 0.407 e. The van der Waals surface area contributed by atoms with Crippen LogP contribution in [0.25, 0.3) is 38.8 Å². The molecule has 2 unspecified atom stereocenters. The number of carbonyl (C=O) groups is 1. The monoisotopic (exact) mass is 640 g/mol. The first-order valence-corrected chi connectivity index (χ1v) is 15.6. The molecule has 2 aliphatic rings. The van der Waals surface area contributed by atoms with E-state index in [1.165, 1.54) is 16.7 Å². The van der Waals surface area contributed by atoms with Crippen molar-refractivity contribution in [1.82, 2.24) is 19.4 Å². The van der Waals surface area contributed by atoms with Crippen molar-refractivity contribution in [2.75, 3.05) is 29.9 Å². The SMILES string of the molecule is C=CC(=O)N1CC2CNc3c(c4cc(F)c(-c5c(C)ccc6[nH]c(=O)oc56)c(F)c4n(-c4c(C)ccnc4C(C)C)c3=O)N2CC1C. The molecule has 2 aliphatic heterocycles. The molecule has 0 spiro atoms. The molecule has 3 aromatic heterocycles. The van der Waals surface area contributed by atoms with Gasteiger partial charge in [0, 0.05) is 42.8 Å². The zero-order valence-corrected chi connectivity index (χ0v) is 26.7. The molecule has 2 atom stereocenters. The average molecular weight is 641 g/mol. The van der Waals surface area contributed by atoms with Crippen molar-refractivity contribution in [2.45, 2.75) is 52.6 Å². The van der Waals surface area contributed by atoms with E-state index in [4.69, 9.17) is 4.42 Å². The van der Waals surface area contributed by atoms with E-state index in [-0.39, 0.29) is 57.2 Å². The maximum atomic E-state index is 17.6. The van der Waals surface area contributed by atoms with Gasteiger partial charge in [-0.05, 0) is 62.1 Å². The minimum Gasteiger partial charge on any atom is -0.407 e. The van der Waals surface area contributed by atoms with E-state index in [2.05, 4.69) is 21.9 Å². The largest absolute Gasteiger partial charge is 0.417 e. The molecule has 2 N–H and O–H groups in total. The number of hydrogen-bond acceptors (Lipinski definition) is 7. The van der Waals surface area contributed by atoms with Crippen LogP contribution in [-0.2, 0) is 4.79 Å². The molecule has 0 radical (unpaired) electrons. The highest BCUT2D eigenvalue weighted by molar-refractivity contribution is 6.04. The van der Waals surface area contributed by atoms with E-state index in [9.17, 15) is 14.4 Å². The fourth-order valence-corrected chi connectivity index (χ4v) is 7.20. The summed E-state index contributed by atoms with van der Waals surface area (Å²) in [5.41, 5.74) is 2.05. The normalized spacial score (nSPS) is 17.6. The van der Waals surface area contributed by atoms with Gasteiger partial charge in [0.15, 0.2) is 11.4 Å². The molecule has 0 aliphatic carbocycles. The van der Waals surface area contributed by atoms with E-state index in [1.54, 1.807) is 36.2 Å². The number of pyridine rings is 2. The number of hydrogen-bond donors (Lipinski definition) is 2. The molecule has 1 saturated heterocycles. The molecule has 10 nitrogen and oxygen atoms in total. The summed E-state index contributed by atoms with van der Waals surface area (Å²) >= 11 is 0. The van der Waals surface area contributed by atoms with Crippen molar-refractivity contribution >= 4 is 39.3 Å². The van der Waals surface area contributed by atoms with Crippen LogP contribution in [0.4, 0.5) is 20.2 Å². The van der Waals surface area contributed by atoms with Gasteiger partial charge in [-0.2, -0.15) is 0 Å². The van der Waals surface area contributed by atoms with Crippen LogP contribution in [-0.4, -0.2) is 57.1 Å². The highest BCUT2D eigenvalue weighted by atomic mass is 19.1.